The highest BCUT2D eigenvalue weighted by Gasteiger charge is 2.18. The number of phenols is 1. The number of hydrogen-bond donors (Lipinski definition) is 2. The van der Waals surface area contributed by atoms with E-state index in [9.17, 15) is 5.11 Å². The maximum Gasteiger partial charge on any atom is 0.126 e. The van der Waals surface area contributed by atoms with Gasteiger partial charge in [-0.15, -0.1) is 0 Å². The molecule has 0 saturated heterocycles. The van der Waals surface area contributed by atoms with Crippen molar-refractivity contribution in [2.45, 2.75) is 19.4 Å². The fraction of sp³-hybridized carbons (Fsp3) is 0.455. The molecule has 14 heavy (non-hydrogen) atoms. The molecule has 0 aliphatic carbocycles. The predicted octanol–water partition coefficient (Wildman–Crippen LogP) is 1.31. The Bertz CT molecular complexity index is 325. The largest absolute Gasteiger partial charge is 0.508 e. The van der Waals surface area contributed by atoms with E-state index >= 15 is 0 Å². The van der Waals surface area contributed by atoms with Gasteiger partial charge in [0.05, 0.1) is 0 Å². The summed E-state index contributed by atoms with van der Waals surface area (Å²) in [6.07, 6.45) is 0.976. The van der Waals surface area contributed by atoms with Gasteiger partial charge in [-0.1, -0.05) is 13.0 Å². The Kier molecular flexibility index (Phi) is 2.59. The molecule has 76 valence electrons. The number of fused-ring (bicyclic) bond motifs is 1. The monoisotopic (exact) mass is 193 g/mol. The molecule has 3 heteroatoms. The summed E-state index contributed by atoms with van der Waals surface area (Å²) in [4.78, 5) is 0. The molecule has 0 bridgehead atoms. The van der Waals surface area contributed by atoms with Gasteiger partial charge in [-0.2, -0.15) is 0 Å². The van der Waals surface area contributed by atoms with Crippen LogP contribution < -0.4 is 10.1 Å². The Hall–Kier alpha value is -1.22. The molecule has 0 aromatic heterocycles. The molecule has 2 N–H and O–H groups in total. The average molecular weight is 193 g/mol. The molecule has 0 spiro atoms. The van der Waals surface area contributed by atoms with Crippen LogP contribution in [0.4, 0.5) is 0 Å². The van der Waals surface area contributed by atoms with E-state index in [2.05, 4.69) is 12.2 Å². The number of benzene rings is 1. The number of ether oxygens (including phenoxy) is 1. The first-order valence-electron chi connectivity index (χ1n) is 4.97. The summed E-state index contributed by atoms with van der Waals surface area (Å²) in [6, 6.07) is 5.71. The van der Waals surface area contributed by atoms with Gasteiger partial charge in [0.25, 0.3) is 0 Å². The SMILES string of the molecule is CCNC1COc2cc(O)ccc2C1. The number of likely N-dealkylation sites (N-methyl/N-ethyl adjacent to an activating group) is 1. The normalized spacial score (nSPS) is 19.9. The van der Waals surface area contributed by atoms with Gasteiger partial charge in [-0.25, -0.2) is 0 Å². The van der Waals surface area contributed by atoms with E-state index in [1.54, 1.807) is 12.1 Å². The minimum atomic E-state index is 0.269. The second-order valence-corrected chi connectivity index (χ2v) is 3.56. The lowest BCUT2D eigenvalue weighted by Crippen LogP contribution is -2.39. The average Bonchev–Trinajstić information content (AvgIpc) is 2.19. The summed E-state index contributed by atoms with van der Waals surface area (Å²) in [7, 11) is 0. The van der Waals surface area contributed by atoms with E-state index in [1.807, 2.05) is 6.07 Å². The van der Waals surface area contributed by atoms with Crippen LogP contribution >= 0.6 is 0 Å². The van der Waals surface area contributed by atoms with E-state index in [-0.39, 0.29) is 5.75 Å². The third-order valence-electron chi connectivity index (χ3n) is 2.45. The van der Waals surface area contributed by atoms with E-state index in [4.69, 9.17) is 4.74 Å². The second-order valence-electron chi connectivity index (χ2n) is 3.56. The molecule has 2 rings (SSSR count). The lowest BCUT2D eigenvalue weighted by Gasteiger charge is -2.25. The number of nitrogens with one attached hydrogen (secondary N) is 1. The number of aromatic hydroxyl groups is 1. The van der Waals surface area contributed by atoms with Crippen molar-refractivity contribution in [1.29, 1.82) is 0 Å². The Balaban J connectivity index is 2.15. The highest BCUT2D eigenvalue weighted by molar-refractivity contribution is 5.41. The van der Waals surface area contributed by atoms with Gasteiger partial charge in [-0.3, -0.25) is 0 Å². The van der Waals surface area contributed by atoms with Crippen molar-refractivity contribution in [3.63, 3.8) is 0 Å². The fourth-order valence-electron chi connectivity index (χ4n) is 1.78. The zero-order valence-electron chi connectivity index (χ0n) is 8.29. The van der Waals surface area contributed by atoms with Crippen molar-refractivity contribution >= 4 is 0 Å². The van der Waals surface area contributed by atoms with Crippen LogP contribution in [0.1, 0.15) is 12.5 Å². The fourth-order valence-corrected chi connectivity index (χ4v) is 1.78. The first kappa shape index (κ1) is 9.34. The molecule has 0 radical (unpaired) electrons. The minimum Gasteiger partial charge on any atom is -0.508 e. The second kappa shape index (κ2) is 3.88. The molecule has 1 aliphatic rings. The smallest absolute Gasteiger partial charge is 0.126 e. The van der Waals surface area contributed by atoms with E-state index in [1.165, 1.54) is 5.56 Å². The van der Waals surface area contributed by atoms with Gasteiger partial charge in [-0.05, 0) is 24.6 Å². The Morgan fingerprint density at radius 1 is 1.57 bits per heavy atom. The molecular weight excluding hydrogens is 178 g/mol. The maximum atomic E-state index is 9.26. The van der Waals surface area contributed by atoms with E-state index in [0.717, 1.165) is 18.7 Å². The minimum absolute atomic E-state index is 0.269. The van der Waals surface area contributed by atoms with Crippen LogP contribution in [0.3, 0.4) is 0 Å². The number of rotatable bonds is 2. The molecule has 3 nitrogen and oxygen atoms in total. The highest BCUT2D eigenvalue weighted by Crippen LogP contribution is 2.28. The number of hydrogen-bond acceptors (Lipinski definition) is 3. The van der Waals surface area contributed by atoms with Crippen LogP contribution in [0.5, 0.6) is 11.5 Å². The van der Waals surface area contributed by atoms with Crippen LogP contribution in [0.2, 0.25) is 0 Å². The quantitative estimate of drug-likeness (QED) is 0.744. The molecule has 0 fully saturated rings. The van der Waals surface area contributed by atoms with E-state index in [0.29, 0.717) is 12.6 Å². The molecule has 1 atom stereocenters. The Morgan fingerprint density at radius 2 is 2.43 bits per heavy atom. The topological polar surface area (TPSA) is 41.5 Å². The van der Waals surface area contributed by atoms with Crippen LogP contribution in [-0.2, 0) is 6.42 Å². The maximum absolute atomic E-state index is 9.26. The molecular formula is C11H15NO2. The van der Waals surface area contributed by atoms with Crippen molar-refractivity contribution in [3.8, 4) is 11.5 Å². The summed E-state index contributed by atoms with van der Waals surface area (Å²) >= 11 is 0. The van der Waals surface area contributed by atoms with E-state index < -0.39 is 0 Å². The Labute approximate surface area is 83.7 Å². The van der Waals surface area contributed by atoms with Crippen molar-refractivity contribution < 1.29 is 9.84 Å². The van der Waals surface area contributed by atoms with Gasteiger partial charge in [0.15, 0.2) is 0 Å². The first-order chi connectivity index (χ1) is 6.79. The van der Waals surface area contributed by atoms with Crippen molar-refractivity contribution in [2.75, 3.05) is 13.2 Å². The Morgan fingerprint density at radius 3 is 3.21 bits per heavy atom. The van der Waals surface area contributed by atoms with Gasteiger partial charge < -0.3 is 15.2 Å². The summed E-state index contributed by atoms with van der Waals surface area (Å²) < 4.78 is 5.55. The molecule has 0 saturated carbocycles. The lowest BCUT2D eigenvalue weighted by molar-refractivity contribution is 0.240. The van der Waals surface area contributed by atoms with Gasteiger partial charge in [0, 0.05) is 12.1 Å². The molecule has 1 unspecified atom stereocenters. The highest BCUT2D eigenvalue weighted by atomic mass is 16.5. The third-order valence-corrected chi connectivity index (χ3v) is 2.45. The lowest BCUT2D eigenvalue weighted by atomic mass is 10.0. The zero-order valence-corrected chi connectivity index (χ0v) is 8.29. The molecule has 1 heterocycles. The number of phenolic OH excluding ortho intramolecular Hbond substituents is 1. The first-order valence-corrected chi connectivity index (χ1v) is 4.97. The van der Waals surface area contributed by atoms with Crippen molar-refractivity contribution in [2.24, 2.45) is 0 Å². The third kappa shape index (κ3) is 1.82. The van der Waals surface area contributed by atoms with Crippen LogP contribution in [0.15, 0.2) is 18.2 Å². The predicted molar refractivity (Wildman–Crippen MR) is 54.8 cm³/mol. The van der Waals surface area contributed by atoms with Crippen molar-refractivity contribution in [3.05, 3.63) is 23.8 Å². The van der Waals surface area contributed by atoms with Gasteiger partial charge in [0.2, 0.25) is 0 Å². The standard InChI is InChI=1S/C11H15NO2/c1-2-12-9-5-8-3-4-10(13)6-11(8)14-7-9/h3-4,6,9,12-13H,2,5,7H2,1H3. The summed E-state index contributed by atoms with van der Waals surface area (Å²) in [5, 5.41) is 12.6. The zero-order chi connectivity index (χ0) is 9.97. The summed E-state index contributed by atoms with van der Waals surface area (Å²) in [5.74, 6) is 1.09. The van der Waals surface area contributed by atoms with Crippen molar-refractivity contribution in [1.82, 2.24) is 5.32 Å². The van der Waals surface area contributed by atoms with Gasteiger partial charge >= 0.3 is 0 Å². The van der Waals surface area contributed by atoms with Crippen LogP contribution in [0.25, 0.3) is 0 Å². The summed E-state index contributed by atoms with van der Waals surface area (Å²) in [6.45, 7) is 3.73. The molecule has 1 aromatic rings. The molecule has 0 amide bonds. The van der Waals surface area contributed by atoms with Gasteiger partial charge in [0.1, 0.15) is 18.1 Å². The van der Waals surface area contributed by atoms with Crippen LogP contribution in [0, 0.1) is 0 Å². The molecule has 1 aliphatic heterocycles. The molecule has 1 aromatic carbocycles. The summed E-state index contributed by atoms with van der Waals surface area (Å²) in [5.41, 5.74) is 1.17. The van der Waals surface area contributed by atoms with Crippen LogP contribution in [-0.4, -0.2) is 24.3 Å².